The quantitative estimate of drug-likeness (QED) is 0.647. The van der Waals surface area contributed by atoms with Crippen molar-refractivity contribution in [2.75, 3.05) is 5.32 Å². The van der Waals surface area contributed by atoms with Crippen molar-refractivity contribution < 1.29 is 14.8 Å². The molecule has 2 N–H and O–H groups in total. The fraction of sp³-hybridized carbons (Fsp3) is 0.133. The van der Waals surface area contributed by atoms with Gasteiger partial charge in [0.05, 0.1) is 16.2 Å². The summed E-state index contributed by atoms with van der Waals surface area (Å²) in [4.78, 5) is 21.3. The van der Waals surface area contributed by atoms with E-state index >= 15 is 0 Å². The minimum Gasteiger partial charge on any atom is -0.478 e. The number of carboxylic acids is 1. The van der Waals surface area contributed by atoms with Crippen LogP contribution in [0.1, 0.15) is 22.8 Å². The molecule has 0 aliphatic heterocycles. The first-order chi connectivity index (χ1) is 10.0. The molecule has 0 unspecified atom stereocenters. The van der Waals surface area contributed by atoms with Crippen LogP contribution in [0.5, 0.6) is 0 Å². The molecule has 0 heterocycles. The Morgan fingerprint density at radius 3 is 2.43 bits per heavy atom. The predicted molar refractivity (Wildman–Crippen MR) is 79.2 cm³/mol. The number of non-ortho nitro benzene ring substituents is 1. The van der Waals surface area contributed by atoms with Gasteiger partial charge in [0.1, 0.15) is 0 Å². The highest BCUT2D eigenvalue weighted by molar-refractivity contribution is 5.96. The maximum atomic E-state index is 11.2. The van der Waals surface area contributed by atoms with Crippen LogP contribution >= 0.6 is 0 Å². The van der Waals surface area contributed by atoms with Crippen LogP contribution in [0.15, 0.2) is 42.5 Å². The highest BCUT2D eigenvalue weighted by Crippen LogP contribution is 2.25. The van der Waals surface area contributed by atoms with Gasteiger partial charge in [-0.15, -0.1) is 0 Å². The normalized spacial score (nSPS) is 10.1. The second kappa shape index (κ2) is 6.04. The van der Waals surface area contributed by atoms with E-state index in [1.165, 1.54) is 17.7 Å². The Hall–Kier alpha value is -2.89. The number of hydrogen-bond acceptors (Lipinski definition) is 4. The van der Waals surface area contributed by atoms with Crippen molar-refractivity contribution in [3.05, 3.63) is 63.7 Å². The second-order valence-electron chi connectivity index (χ2n) is 4.47. The molecule has 21 heavy (non-hydrogen) atoms. The van der Waals surface area contributed by atoms with Crippen LogP contribution in [0, 0.1) is 10.1 Å². The van der Waals surface area contributed by atoms with Gasteiger partial charge in [-0.2, -0.15) is 0 Å². The van der Waals surface area contributed by atoms with Gasteiger partial charge in [-0.1, -0.05) is 19.1 Å². The van der Waals surface area contributed by atoms with E-state index in [9.17, 15) is 14.9 Å². The number of aryl methyl sites for hydroxylation is 1. The van der Waals surface area contributed by atoms with Crippen molar-refractivity contribution in [1.29, 1.82) is 0 Å². The van der Waals surface area contributed by atoms with E-state index in [0.29, 0.717) is 5.69 Å². The number of carbonyl (C=O) groups is 1. The van der Waals surface area contributed by atoms with Crippen LogP contribution in [0.25, 0.3) is 0 Å². The summed E-state index contributed by atoms with van der Waals surface area (Å²) in [7, 11) is 0. The molecule has 0 amide bonds. The molecule has 2 aromatic rings. The van der Waals surface area contributed by atoms with Gasteiger partial charge in [0.2, 0.25) is 0 Å². The van der Waals surface area contributed by atoms with E-state index in [-0.39, 0.29) is 11.3 Å². The number of nitrogens with one attached hydrogen (secondary N) is 1. The zero-order chi connectivity index (χ0) is 15.4. The van der Waals surface area contributed by atoms with Gasteiger partial charge in [0.15, 0.2) is 0 Å². The lowest BCUT2D eigenvalue weighted by Crippen LogP contribution is -2.04. The Bertz CT molecular complexity index is 681. The van der Waals surface area contributed by atoms with Gasteiger partial charge < -0.3 is 10.4 Å². The van der Waals surface area contributed by atoms with Gasteiger partial charge in [0, 0.05) is 17.8 Å². The van der Waals surface area contributed by atoms with Gasteiger partial charge in [0.25, 0.3) is 5.69 Å². The van der Waals surface area contributed by atoms with Crippen LogP contribution in [0.3, 0.4) is 0 Å². The van der Waals surface area contributed by atoms with Gasteiger partial charge in [-0.3, -0.25) is 10.1 Å². The lowest BCUT2D eigenvalue weighted by Gasteiger charge is -2.10. The molecular weight excluding hydrogens is 272 g/mol. The third-order valence-corrected chi connectivity index (χ3v) is 3.09. The minimum atomic E-state index is -1.22. The largest absolute Gasteiger partial charge is 0.478 e. The van der Waals surface area contributed by atoms with Crippen LogP contribution in [0.2, 0.25) is 0 Å². The lowest BCUT2D eigenvalue weighted by molar-refractivity contribution is -0.384. The Labute approximate surface area is 121 Å². The van der Waals surface area contributed by atoms with Crippen LogP contribution in [-0.2, 0) is 6.42 Å². The Morgan fingerprint density at radius 2 is 1.90 bits per heavy atom. The van der Waals surface area contributed by atoms with Crippen molar-refractivity contribution in [2.24, 2.45) is 0 Å². The summed E-state index contributed by atoms with van der Waals surface area (Å²) in [5, 5.41) is 22.8. The first-order valence-corrected chi connectivity index (χ1v) is 6.39. The fourth-order valence-electron chi connectivity index (χ4n) is 1.91. The SMILES string of the molecule is CCc1ccc(Nc2ccc([N+](=O)[O-])cc2C(=O)O)cc1. The molecule has 6 heteroatoms. The van der Waals surface area contributed by atoms with Crippen molar-refractivity contribution >= 4 is 23.0 Å². The Kier molecular flexibility index (Phi) is 4.18. The van der Waals surface area contributed by atoms with Crippen molar-refractivity contribution in [3.63, 3.8) is 0 Å². The molecule has 0 fully saturated rings. The molecule has 0 spiro atoms. The summed E-state index contributed by atoms with van der Waals surface area (Å²) in [6.45, 7) is 2.04. The smallest absolute Gasteiger partial charge is 0.338 e. The topological polar surface area (TPSA) is 92.5 Å². The molecule has 0 aromatic heterocycles. The first kappa shape index (κ1) is 14.5. The summed E-state index contributed by atoms with van der Waals surface area (Å²) < 4.78 is 0. The van der Waals surface area contributed by atoms with Crippen molar-refractivity contribution in [2.45, 2.75) is 13.3 Å². The molecule has 0 bridgehead atoms. The van der Waals surface area contributed by atoms with Crippen molar-refractivity contribution in [1.82, 2.24) is 0 Å². The number of nitrogens with zero attached hydrogens (tertiary/aromatic N) is 1. The lowest BCUT2D eigenvalue weighted by atomic mass is 10.1. The molecule has 6 nitrogen and oxygen atoms in total. The summed E-state index contributed by atoms with van der Waals surface area (Å²) in [6, 6.07) is 11.3. The summed E-state index contributed by atoms with van der Waals surface area (Å²) >= 11 is 0. The highest BCUT2D eigenvalue weighted by atomic mass is 16.6. The maximum Gasteiger partial charge on any atom is 0.338 e. The number of aromatic carboxylic acids is 1. The number of anilines is 2. The number of carboxylic acid groups (broad SMARTS) is 1. The van der Waals surface area contributed by atoms with E-state index in [0.717, 1.165) is 18.2 Å². The third-order valence-electron chi connectivity index (χ3n) is 3.09. The number of rotatable bonds is 5. The van der Waals surface area contributed by atoms with E-state index < -0.39 is 10.9 Å². The molecular formula is C15H14N2O4. The summed E-state index contributed by atoms with van der Waals surface area (Å²) in [5.41, 5.74) is 1.83. The highest BCUT2D eigenvalue weighted by Gasteiger charge is 2.16. The van der Waals surface area contributed by atoms with E-state index in [2.05, 4.69) is 5.32 Å². The predicted octanol–water partition coefficient (Wildman–Crippen LogP) is 3.60. The molecule has 0 radical (unpaired) electrons. The van der Waals surface area contributed by atoms with E-state index in [1.807, 2.05) is 31.2 Å². The number of nitro groups is 1. The van der Waals surface area contributed by atoms with Gasteiger partial charge >= 0.3 is 5.97 Å². The Balaban J connectivity index is 2.34. The number of nitro benzene ring substituents is 1. The van der Waals surface area contributed by atoms with Crippen molar-refractivity contribution in [3.8, 4) is 0 Å². The average Bonchev–Trinajstić information content (AvgIpc) is 2.48. The summed E-state index contributed by atoms with van der Waals surface area (Å²) in [5.74, 6) is -1.22. The second-order valence-corrected chi connectivity index (χ2v) is 4.47. The average molecular weight is 286 g/mol. The van der Waals surface area contributed by atoms with E-state index in [1.54, 1.807) is 0 Å². The zero-order valence-corrected chi connectivity index (χ0v) is 11.4. The maximum absolute atomic E-state index is 11.2. The monoisotopic (exact) mass is 286 g/mol. The van der Waals surface area contributed by atoms with Crippen LogP contribution < -0.4 is 5.32 Å². The number of hydrogen-bond donors (Lipinski definition) is 2. The van der Waals surface area contributed by atoms with E-state index in [4.69, 9.17) is 5.11 Å². The number of benzene rings is 2. The van der Waals surface area contributed by atoms with Gasteiger partial charge in [-0.25, -0.2) is 4.79 Å². The Morgan fingerprint density at radius 1 is 1.24 bits per heavy atom. The third kappa shape index (κ3) is 3.36. The standard InChI is InChI=1S/C15H14N2O4/c1-2-10-3-5-11(6-4-10)16-14-8-7-12(17(20)21)9-13(14)15(18)19/h3-9,16H,2H2,1H3,(H,18,19). The van der Waals surface area contributed by atoms with Crippen LogP contribution in [0.4, 0.5) is 17.1 Å². The summed E-state index contributed by atoms with van der Waals surface area (Å²) in [6.07, 6.45) is 0.915. The molecule has 0 saturated heterocycles. The molecule has 2 aromatic carbocycles. The molecule has 0 atom stereocenters. The molecule has 0 aliphatic rings. The minimum absolute atomic E-state index is 0.135. The molecule has 108 valence electrons. The van der Waals surface area contributed by atoms with Gasteiger partial charge in [-0.05, 0) is 30.2 Å². The first-order valence-electron chi connectivity index (χ1n) is 6.39. The van der Waals surface area contributed by atoms with Crippen LogP contribution in [-0.4, -0.2) is 16.0 Å². The molecule has 0 aliphatic carbocycles. The molecule has 0 saturated carbocycles. The zero-order valence-electron chi connectivity index (χ0n) is 11.4. The fourth-order valence-corrected chi connectivity index (χ4v) is 1.91. The molecule has 2 rings (SSSR count).